The van der Waals surface area contributed by atoms with E-state index in [0.29, 0.717) is 22.7 Å². The molecule has 0 aliphatic heterocycles. The first-order chi connectivity index (χ1) is 13.1. The average Bonchev–Trinajstić information content (AvgIpc) is 2.68. The summed E-state index contributed by atoms with van der Waals surface area (Å²) in [7, 11) is 0. The second-order valence-corrected chi connectivity index (χ2v) is 5.50. The number of pyridine rings is 1. The van der Waals surface area contributed by atoms with Crippen molar-refractivity contribution in [3.63, 3.8) is 0 Å². The predicted octanol–water partition coefficient (Wildman–Crippen LogP) is 2.99. The second-order valence-electron chi connectivity index (χ2n) is 5.50. The third-order valence-corrected chi connectivity index (χ3v) is 3.47. The van der Waals surface area contributed by atoms with Crippen LogP contribution in [0.2, 0.25) is 0 Å². The molecule has 1 aromatic heterocycles. The van der Waals surface area contributed by atoms with E-state index in [-0.39, 0.29) is 18.4 Å². The first kappa shape index (κ1) is 17.9. The van der Waals surface area contributed by atoms with Crippen molar-refractivity contribution in [3.8, 4) is 17.4 Å². The molecule has 0 spiro atoms. The number of para-hydroxylation sites is 1. The monoisotopic (exact) mass is 363 g/mol. The number of rotatable bonds is 7. The van der Waals surface area contributed by atoms with E-state index in [9.17, 15) is 9.59 Å². The van der Waals surface area contributed by atoms with Crippen molar-refractivity contribution in [2.24, 2.45) is 5.73 Å². The van der Waals surface area contributed by atoms with E-state index in [1.807, 2.05) is 18.2 Å². The Hall–Kier alpha value is -3.87. The highest BCUT2D eigenvalue weighted by molar-refractivity contribution is 6.05. The zero-order valence-electron chi connectivity index (χ0n) is 14.3. The van der Waals surface area contributed by atoms with Gasteiger partial charge in [0.1, 0.15) is 17.1 Å². The van der Waals surface area contributed by atoms with Crippen LogP contribution in [-0.2, 0) is 4.79 Å². The van der Waals surface area contributed by atoms with Gasteiger partial charge in [-0.1, -0.05) is 18.2 Å². The lowest BCUT2D eigenvalue weighted by Crippen LogP contribution is -2.20. The zero-order valence-corrected chi connectivity index (χ0v) is 14.3. The van der Waals surface area contributed by atoms with Crippen molar-refractivity contribution >= 4 is 17.5 Å². The third-order valence-electron chi connectivity index (χ3n) is 3.47. The van der Waals surface area contributed by atoms with Gasteiger partial charge in [0.15, 0.2) is 6.61 Å². The molecule has 0 aliphatic carbocycles. The Labute approximate surface area is 155 Å². The number of carbonyl (C=O) groups is 2. The number of hydrogen-bond acceptors (Lipinski definition) is 5. The minimum absolute atomic E-state index is 0.207. The van der Waals surface area contributed by atoms with Gasteiger partial charge in [-0.3, -0.25) is 9.59 Å². The van der Waals surface area contributed by atoms with Gasteiger partial charge in [0.05, 0.1) is 0 Å². The molecule has 27 heavy (non-hydrogen) atoms. The number of carbonyl (C=O) groups excluding carboxylic acids is 2. The number of hydrogen-bond donors (Lipinski definition) is 2. The number of nitrogens with one attached hydrogen (secondary N) is 1. The van der Waals surface area contributed by atoms with E-state index in [1.54, 1.807) is 54.7 Å². The molecule has 2 aromatic carbocycles. The summed E-state index contributed by atoms with van der Waals surface area (Å²) in [6.45, 7) is -0.207. The van der Waals surface area contributed by atoms with Crippen LogP contribution in [0.1, 0.15) is 10.4 Å². The Morgan fingerprint density at radius 3 is 2.37 bits per heavy atom. The summed E-state index contributed by atoms with van der Waals surface area (Å²) in [5.74, 6) is 0.347. The fourth-order valence-corrected chi connectivity index (χ4v) is 2.23. The topological polar surface area (TPSA) is 104 Å². The molecule has 0 unspecified atom stereocenters. The number of nitrogens with zero attached hydrogens (tertiary/aromatic N) is 1. The number of nitrogens with two attached hydrogens (primary N) is 1. The van der Waals surface area contributed by atoms with Crippen LogP contribution in [-0.4, -0.2) is 23.4 Å². The normalized spacial score (nSPS) is 10.1. The third kappa shape index (κ3) is 5.05. The maximum Gasteiger partial charge on any atom is 0.261 e. The number of anilines is 1. The van der Waals surface area contributed by atoms with E-state index in [0.717, 1.165) is 0 Å². The van der Waals surface area contributed by atoms with Crippen LogP contribution in [0.5, 0.6) is 17.4 Å². The zero-order chi connectivity index (χ0) is 19.1. The number of primary amides is 1. The minimum atomic E-state index is -0.560. The van der Waals surface area contributed by atoms with Gasteiger partial charge >= 0.3 is 0 Å². The molecule has 3 rings (SSSR count). The quantitative estimate of drug-likeness (QED) is 0.672. The van der Waals surface area contributed by atoms with Crippen LogP contribution in [0.3, 0.4) is 0 Å². The Morgan fingerprint density at radius 2 is 1.67 bits per heavy atom. The molecule has 2 amide bonds. The number of benzene rings is 2. The van der Waals surface area contributed by atoms with E-state index in [1.165, 1.54) is 0 Å². The molecule has 7 nitrogen and oxygen atoms in total. The predicted molar refractivity (Wildman–Crippen MR) is 99.8 cm³/mol. The van der Waals surface area contributed by atoms with Crippen LogP contribution in [0.25, 0.3) is 0 Å². The van der Waals surface area contributed by atoms with Gasteiger partial charge in [-0.05, 0) is 48.5 Å². The van der Waals surface area contributed by atoms with Crippen molar-refractivity contribution in [1.82, 2.24) is 4.98 Å². The van der Waals surface area contributed by atoms with Crippen LogP contribution in [0.15, 0.2) is 72.9 Å². The van der Waals surface area contributed by atoms with Gasteiger partial charge in [-0.2, -0.15) is 0 Å². The molecule has 0 atom stereocenters. The molecule has 0 fully saturated rings. The van der Waals surface area contributed by atoms with E-state index in [2.05, 4.69) is 10.3 Å². The first-order valence-corrected chi connectivity index (χ1v) is 8.12. The minimum Gasteiger partial charge on any atom is -0.484 e. The summed E-state index contributed by atoms with van der Waals surface area (Å²) in [5, 5.41) is 2.77. The Kier molecular flexibility index (Phi) is 5.64. The largest absolute Gasteiger partial charge is 0.484 e. The lowest BCUT2D eigenvalue weighted by molar-refractivity contribution is -0.119. The summed E-state index contributed by atoms with van der Waals surface area (Å²) in [6.07, 6.45) is 1.56. The summed E-state index contributed by atoms with van der Waals surface area (Å²) in [4.78, 5) is 27.5. The molecule has 3 N–H and O–H groups in total. The molecule has 136 valence electrons. The van der Waals surface area contributed by atoms with Crippen LogP contribution >= 0.6 is 0 Å². The van der Waals surface area contributed by atoms with Crippen molar-refractivity contribution < 1.29 is 19.1 Å². The maximum absolute atomic E-state index is 12.6. The highest BCUT2D eigenvalue weighted by Gasteiger charge is 2.14. The molecular weight excluding hydrogens is 346 g/mol. The molecule has 3 aromatic rings. The molecule has 7 heteroatoms. The summed E-state index contributed by atoms with van der Waals surface area (Å²) in [6, 6.07) is 19.0. The first-order valence-electron chi connectivity index (χ1n) is 8.12. The SMILES string of the molecule is NC(=O)COc1ccc(NC(=O)c2cccnc2Oc2ccccc2)cc1. The van der Waals surface area contributed by atoms with Crippen molar-refractivity contribution in [2.45, 2.75) is 0 Å². The molecular formula is C20H17N3O4. The van der Waals surface area contributed by atoms with E-state index in [4.69, 9.17) is 15.2 Å². The molecule has 0 radical (unpaired) electrons. The average molecular weight is 363 g/mol. The summed E-state index contributed by atoms with van der Waals surface area (Å²) in [5.41, 5.74) is 5.89. The van der Waals surface area contributed by atoms with Gasteiger partial charge in [-0.15, -0.1) is 0 Å². The lowest BCUT2D eigenvalue weighted by atomic mass is 10.2. The maximum atomic E-state index is 12.6. The summed E-state index contributed by atoms with van der Waals surface area (Å²) >= 11 is 0. The number of amides is 2. The number of ether oxygens (including phenoxy) is 2. The van der Waals surface area contributed by atoms with Gasteiger partial charge in [-0.25, -0.2) is 4.98 Å². The number of aromatic nitrogens is 1. The van der Waals surface area contributed by atoms with Crippen LogP contribution in [0, 0.1) is 0 Å². The van der Waals surface area contributed by atoms with E-state index < -0.39 is 5.91 Å². The van der Waals surface area contributed by atoms with Gasteiger partial charge in [0.25, 0.3) is 11.8 Å². The second kappa shape index (κ2) is 8.48. The highest BCUT2D eigenvalue weighted by Crippen LogP contribution is 2.24. The molecule has 1 heterocycles. The highest BCUT2D eigenvalue weighted by atomic mass is 16.5. The van der Waals surface area contributed by atoms with Crippen LogP contribution < -0.4 is 20.5 Å². The van der Waals surface area contributed by atoms with Gasteiger partial charge in [0.2, 0.25) is 5.88 Å². The van der Waals surface area contributed by atoms with Gasteiger partial charge in [0, 0.05) is 11.9 Å². The fourth-order valence-electron chi connectivity index (χ4n) is 2.23. The van der Waals surface area contributed by atoms with Crippen LogP contribution in [0.4, 0.5) is 5.69 Å². The van der Waals surface area contributed by atoms with Crippen molar-refractivity contribution in [2.75, 3.05) is 11.9 Å². The molecule has 0 aliphatic rings. The van der Waals surface area contributed by atoms with E-state index >= 15 is 0 Å². The Bertz CT molecular complexity index is 927. The summed E-state index contributed by atoms with van der Waals surface area (Å²) < 4.78 is 10.9. The van der Waals surface area contributed by atoms with Crippen molar-refractivity contribution in [3.05, 3.63) is 78.5 Å². The van der Waals surface area contributed by atoms with Crippen molar-refractivity contribution in [1.29, 1.82) is 0 Å². The standard InChI is InChI=1S/C20H17N3O4/c21-18(24)13-26-15-10-8-14(9-11-15)23-19(25)17-7-4-12-22-20(17)27-16-5-2-1-3-6-16/h1-12H,13H2,(H2,21,24)(H,23,25). The molecule has 0 saturated heterocycles. The fraction of sp³-hybridized carbons (Fsp3) is 0.0500. The Morgan fingerprint density at radius 1 is 0.926 bits per heavy atom. The Balaban J connectivity index is 1.70. The van der Waals surface area contributed by atoms with Gasteiger partial charge < -0.3 is 20.5 Å². The lowest BCUT2D eigenvalue weighted by Gasteiger charge is -2.11. The molecule has 0 saturated carbocycles. The smallest absolute Gasteiger partial charge is 0.261 e. The molecule has 0 bridgehead atoms.